The summed E-state index contributed by atoms with van der Waals surface area (Å²) in [6.07, 6.45) is 4.04. The van der Waals surface area contributed by atoms with Crippen LogP contribution in [-0.4, -0.2) is 18.1 Å². The minimum atomic E-state index is 0.378. The Kier molecular flexibility index (Phi) is 3.51. The van der Waals surface area contributed by atoms with E-state index in [4.69, 9.17) is 4.74 Å². The first-order valence-corrected chi connectivity index (χ1v) is 6.75. The van der Waals surface area contributed by atoms with Crippen molar-refractivity contribution in [1.29, 1.82) is 5.26 Å². The lowest BCUT2D eigenvalue weighted by Crippen LogP contribution is -2.19. The quantitative estimate of drug-likeness (QED) is 0.854. The van der Waals surface area contributed by atoms with Gasteiger partial charge >= 0.3 is 0 Å². The van der Waals surface area contributed by atoms with Crippen LogP contribution in [0.25, 0.3) is 0 Å². The highest BCUT2D eigenvalue weighted by molar-refractivity contribution is 5.63. The summed E-state index contributed by atoms with van der Waals surface area (Å²) in [5.41, 5.74) is 1.43. The molecule has 2 aromatic rings. The molecule has 2 heterocycles. The number of benzene rings is 1. The van der Waals surface area contributed by atoms with Crippen LogP contribution in [0.1, 0.15) is 18.4 Å². The fourth-order valence-corrected chi connectivity index (χ4v) is 2.44. The summed E-state index contributed by atoms with van der Waals surface area (Å²) in [5, 5.41) is 9.44. The maximum Gasteiger partial charge on any atom is 0.239 e. The minimum absolute atomic E-state index is 0.378. The first-order valence-electron chi connectivity index (χ1n) is 6.75. The number of anilines is 1. The van der Waals surface area contributed by atoms with Crippen LogP contribution in [0.4, 0.5) is 5.69 Å². The molecule has 1 aromatic heterocycles. The molecule has 20 heavy (non-hydrogen) atoms. The Morgan fingerprint density at radius 3 is 2.55 bits per heavy atom. The maximum absolute atomic E-state index is 9.44. The number of nitrogens with zero attached hydrogens (tertiary/aromatic N) is 3. The normalized spacial score (nSPS) is 14.1. The standard InChI is InChI=1S/C16H15N3O/c17-12-14-15(19-10-4-5-11-19)8-9-18-16(14)20-13-6-2-1-3-7-13/h1-3,6-9H,4-5,10-11H2. The van der Waals surface area contributed by atoms with Gasteiger partial charge in [0.1, 0.15) is 17.4 Å². The smallest absolute Gasteiger partial charge is 0.239 e. The van der Waals surface area contributed by atoms with Crippen LogP contribution in [0.15, 0.2) is 42.6 Å². The van der Waals surface area contributed by atoms with E-state index in [-0.39, 0.29) is 0 Å². The molecular weight excluding hydrogens is 250 g/mol. The number of para-hydroxylation sites is 1. The predicted octanol–water partition coefficient (Wildman–Crippen LogP) is 3.35. The van der Waals surface area contributed by atoms with Gasteiger partial charge < -0.3 is 9.64 Å². The number of hydrogen-bond acceptors (Lipinski definition) is 4. The van der Waals surface area contributed by atoms with Crippen LogP contribution in [0.3, 0.4) is 0 Å². The van der Waals surface area contributed by atoms with Crippen LogP contribution in [0.2, 0.25) is 0 Å². The van der Waals surface area contributed by atoms with Gasteiger partial charge in [0, 0.05) is 19.3 Å². The SMILES string of the molecule is N#Cc1c(N2CCCC2)ccnc1Oc1ccccc1. The molecule has 0 atom stereocenters. The van der Waals surface area contributed by atoms with Crippen molar-refractivity contribution < 1.29 is 4.74 Å². The molecule has 0 amide bonds. The Hall–Kier alpha value is -2.54. The molecule has 0 spiro atoms. The van der Waals surface area contributed by atoms with Gasteiger partial charge in [-0.15, -0.1) is 0 Å². The van der Waals surface area contributed by atoms with Crippen LogP contribution in [0.5, 0.6) is 11.6 Å². The molecule has 0 aliphatic carbocycles. The fraction of sp³-hybridized carbons (Fsp3) is 0.250. The highest BCUT2D eigenvalue weighted by atomic mass is 16.5. The first kappa shape index (κ1) is 12.5. The molecule has 0 radical (unpaired) electrons. The van der Waals surface area contributed by atoms with Crippen molar-refractivity contribution in [2.45, 2.75) is 12.8 Å². The van der Waals surface area contributed by atoms with Gasteiger partial charge in [-0.1, -0.05) is 18.2 Å². The minimum Gasteiger partial charge on any atom is -0.438 e. The zero-order valence-corrected chi connectivity index (χ0v) is 11.1. The van der Waals surface area contributed by atoms with Gasteiger partial charge in [-0.2, -0.15) is 5.26 Å². The average molecular weight is 265 g/mol. The molecule has 1 fully saturated rings. The first-order chi connectivity index (χ1) is 9.88. The zero-order chi connectivity index (χ0) is 13.8. The van der Waals surface area contributed by atoms with E-state index in [0.717, 1.165) is 18.8 Å². The number of pyridine rings is 1. The van der Waals surface area contributed by atoms with E-state index in [2.05, 4.69) is 16.0 Å². The van der Waals surface area contributed by atoms with Crippen molar-refractivity contribution in [2.24, 2.45) is 0 Å². The van der Waals surface area contributed by atoms with Crippen molar-refractivity contribution in [3.63, 3.8) is 0 Å². The van der Waals surface area contributed by atoms with E-state index in [1.54, 1.807) is 6.20 Å². The van der Waals surface area contributed by atoms with E-state index in [0.29, 0.717) is 17.2 Å². The molecule has 0 unspecified atom stereocenters. The van der Waals surface area contributed by atoms with Crippen LogP contribution < -0.4 is 9.64 Å². The monoisotopic (exact) mass is 265 g/mol. The average Bonchev–Trinajstić information content (AvgIpc) is 3.02. The van der Waals surface area contributed by atoms with E-state index in [9.17, 15) is 5.26 Å². The molecule has 1 aromatic carbocycles. The number of rotatable bonds is 3. The summed E-state index contributed by atoms with van der Waals surface area (Å²) in [4.78, 5) is 6.43. The number of hydrogen-bond donors (Lipinski definition) is 0. The van der Waals surface area contributed by atoms with Crippen molar-refractivity contribution in [3.8, 4) is 17.7 Å². The second-order valence-corrected chi connectivity index (χ2v) is 4.73. The van der Waals surface area contributed by atoms with E-state index in [1.165, 1.54) is 12.8 Å². The van der Waals surface area contributed by atoms with E-state index in [1.807, 2.05) is 36.4 Å². The summed E-state index contributed by atoms with van der Waals surface area (Å²) in [6, 6.07) is 13.5. The molecule has 0 bridgehead atoms. The van der Waals surface area contributed by atoms with Gasteiger partial charge in [-0.05, 0) is 31.0 Å². The molecular formula is C16H15N3O. The molecule has 1 aliphatic heterocycles. The highest BCUT2D eigenvalue weighted by Crippen LogP contribution is 2.31. The lowest BCUT2D eigenvalue weighted by atomic mass is 10.2. The summed E-state index contributed by atoms with van der Waals surface area (Å²) < 4.78 is 5.74. The van der Waals surface area contributed by atoms with Crippen LogP contribution in [0, 0.1) is 11.3 Å². The van der Waals surface area contributed by atoms with Crippen LogP contribution >= 0.6 is 0 Å². The third kappa shape index (κ3) is 2.43. The van der Waals surface area contributed by atoms with Crippen molar-refractivity contribution in [2.75, 3.05) is 18.0 Å². The van der Waals surface area contributed by atoms with Gasteiger partial charge in [-0.3, -0.25) is 0 Å². The molecule has 0 saturated carbocycles. The summed E-state index contributed by atoms with van der Waals surface area (Å²) in [7, 11) is 0. The molecule has 1 saturated heterocycles. The number of aromatic nitrogens is 1. The Balaban J connectivity index is 1.95. The van der Waals surface area contributed by atoms with Gasteiger partial charge in [0.05, 0.1) is 5.69 Å². The third-order valence-electron chi connectivity index (χ3n) is 3.41. The van der Waals surface area contributed by atoms with Gasteiger partial charge in [0.25, 0.3) is 0 Å². The molecule has 3 rings (SSSR count). The predicted molar refractivity (Wildman–Crippen MR) is 76.9 cm³/mol. The molecule has 1 aliphatic rings. The molecule has 4 heteroatoms. The molecule has 100 valence electrons. The van der Waals surface area contributed by atoms with Gasteiger partial charge in [0.15, 0.2) is 0 Å². The lowest BCUT2D eigenvalue weighted by molar-refractivity contribution is 0.461. The summed E-state index contributed by atoms with van der Waals surface area (Å²) in [5.74, 6) is 1.07. The Bertz CT molecular complexity index is 628. The zero-order valence-electron chi connectivity index (χ0n) is 11.1. The Morgan fingerprint density at radius 1 is 1.10 bits per heavy atom. The Labute approximate surface area is 118 Å². The fourth-order valence-electron chi connectivity index (χ4n) is 2.44. The molecule has 0 N–H and O–H groups in total. The third-order valence-corrected chi connectivity index (χ3v) is 3.41. The second-order valence-electron chi connectivity index (χ2n) is 4.73. The summed E-state index contributed by atoms with van der Waals surface area (Å²) in [6.45, 7) is 1.98. The van der Waals surface area contributed by atoms with Gasteiger partial charge in [0.2, 0.25) is 5.88 Å². The second kappa shape index (κ2) is 5.62. The van der Waals surface area contributed by atoms with Gasteiger partial charge in [-0.25, -0.2) is 4.98 Å². The highest BCUT2D eigenvalue weighted by Gasteiger charge is 2.19. The van der Waals surface area contributed by atoms with E-state index < -0.39 is 0 Å². The van der Waals surface area contributed by atoms with Crippen molar-refractivity contribution >= 4 is 5.69 Å². The van der Waals surface area contributed by atoms with Crippen molar-refractivity contribution in [1.82, 2.24) is 4.98 Å². The van der Waals surface area contributed by atoms with E-state index >= 15 is 0 Å². The lowest BCUT2D eigenvalue weighted by Gasteiger charge is -2.19. The maximum atomic E-state index is 9.44. The van der Waals surface area contributed by atoms with Crippen molar-refractivity contribution in [3.05, 3.63) is 48.2 Å². The number of nitriles is 1. The largest absolute Gasteiger partial charge is 0.438 e. The number of ether oxygens (including phenoxy) is 1. The summed E-state index contributed by atoms with van der Waals surface area (Å²) >= 11 is 0. The Morgan fingerprint density at radius 2 is 1.85 bits per heavy atom. The topological polar surface area (TPSA) is 49.2 Å². The molecule has 4 nitrogen and oxygen atoms in total. The van der Waals surface area contributed by atoms with Crippen LogP contribution in [-0.2, 0) is 0 Å².